The van der Waals surface area contributed by atoms with Gasteiger partial charge in [0.1, 0.15) is 11.6 Å². The maximum absolute atomic E-state index is 10.9. The van der Waals surface area contributed by atoms with Crippen LogP contribution in [0.15, 0.2) is 6.07 Å². The molecule has 8 heteroatoms. The summed E-state index contributed by atoms with van der Waals surface area (Å²) in [4.78, 5) is 18.6. The SMILES string of the molecule is CNC(=O)CNc1cc(NN)nc(N)n1. The smallest absolute Gasteiger partial charge is 0.239 e. The van der Waals surface area contributed by atoms with Gasteiger partial charge in [0.05, 0.1) is 6.54 Å². The largest absolute Gasteiger partial charge is 0.368 e. The van der Waals surface area contributed by atoms with Crippen molar-refractivity contribution in [1.29, 1.82) is 0 Å². The molecule has 0 aromatic carbocycles. The lowest BCUT2D eigenvalue weighted by atomic mass is 10.5. The minimum atomic E-state index is -0.158. The number of carbonyl (C=O) groups is 1. The second-order valence-electron chi connectivity index (χ2n) is 2.67. The molecule has 0 saturated heterocycles. The highest BCUT2D eigenvalue weighted by Crippen LogP contribution is 2.10. The molecule has 0 radical (unpaired) electrons. The van der Waals surface area contributed by atoms with E-state index in [-0.39, 0.29) is 18.4 Å². The minimum absolute atomic E-state index is 0.0739. The van der Waals surface area contributed by atoms with E-state index in [1.165, 1.54) is 0 Å². The van der Waals surface area contributed by atoms with Crippen molar-refractivity contribution in [3.63, 3.8) is 0 Å². The zero-order valence-corrected chi connectivity index (χ0v) is 8.24. The van der Waals surface area contributed by atoms with Gasteiger partial charge in [-0.3, -0.25) is 4.79 Å². The van der Waals surface area contributed by atoms with Crippen LogP contribution in [-0.2, 0) is 4.79 Å². The van der Waals surface area contributed by atoms with Crippen LogP contribution in [-0.4, -0.2) is 29.5 Å². The molecule has 0 fully saturated rings. The number of nitrogens with zero attached hydrogens (tertiary/aromatic N) is 2. The highest BCUT2D eigenvalue weighted by atomic mass is 16.1. The molecule has 1 aromatic heterocycles. The predicted octanol–water partition coefficient (Wildman–Crippen LogP) is -1.50. The second kappa shape index (κ2) is 4.96. The average Bonchev–Trinajstić information content (AvgIpc) is 2.25. The molecule has 82 valence electrons. The van der Waals surface area contributed by atoms with Crippen LogP contribution in [0.25, 0.3) is 0 Å². The molecule has 0 bridgehead atoms. The van der Waals surface area contributed by atoms with Crippen molar-refractivity contribution in [1.82, 2.24) is 15.3 Å². The van der Waals surface area contributed by atoms with Crippen LogP contribution < -0.4 is 27.6 Å². The summed E-state index contributed by atoms with van der Waals surface area (Å²) >= 11 is 0. The number of hydrogen-bond donors (Lipinski definition) is 5. The number of rotatable bonds is 4. The van der Waals surface area contributed by atoms with Crippen molar-refractivity contribution < 1.29 is 4.79 Å². The van der Waals surface area contributed by atoms with Gasteiger partial charge in [0.2, 0.25) is 11.9 Å². The molecule has 0 aliphatic rings. The molecule has 1 aromatic rings. The van der Waals surface area contributed by atoms with E-state index in [4.69, 9.17) is 11.6 Å². The number of hydrogen-bond acceptors (Lipinski definition) is 7. The van der Waals surface area contributed by atoms with Gasteiger partial charge < -0.3 is 21.8 Å². The first-order valence-corrected chi connectivity index (χ1v) is 4.21. The first-order valence-electron chi connectivity index (χ1n) is 4.21. The third kappa shape index (κ3) is 3.27. The van der Waals surface area contributed by atoms with E-state index in [2.05, 4.69) is 26.0 Å². The summed E-state index contributed by atoms with van der Waals surface area (Å²) in [6.07, 6.45) is 0. The molecule has 0 aliphatic heterocycles. The molecule has 0 unspecified atom stereocenters. The number of hydrazine groups is 1. The van der Waals surface area contributed by atoms with Crippen LogP contribution in [0, 0.1) is 0 Å². The molecule has 7 N–H and O–H groups in total. The Labute approximate surface area is 86.4 Å². The van der Waals surface area contributed by atoms with E-state index in [1.807, 2.05) is 0 Å². The Kier molecular flexibility index (Phi) is 3.63. The number of likely N-dealkylation sites (N-methyl/N-ethyl adjacent to an activating group) is 1. The maximum Gasteiger partial charge on any atom is 0.239 e. The van der Waals surface area contributed by atoms with Crippen molar-refractivity contribution in [2.45, 2.75) is 0 Å². The summed E-state index contributed by atoms with van der Waals surface area (Å²) in [5.41, 5.74) is 7.75. The Hall–Kier alpha value is -2.09. The maximum atomic E-state index is 10.9. The lowest BCUT2D eigenvalue weighted by Crippen LogP contribution is -2.26. The van der Waals surface area contributed by atoms with Gasteiger partial charge in [0.25, 0.3) is 0 Å². The third-order valence-electron chi connectivity index (χ3n) is 1.60. The minimum Gasteiger partial charge on any atom is -0.368 e. The number of amides is 1. The summed E-state index contributed by atoms with van der Waals surface area (Å²) in [6, 6.07) is 1.54. The van der Waals surface area contributed by atoms with Gasteiger partial charge in [-0.05, 0) is 0 Å². The monoisotopic (exact) mass is 211 g/mol. The van der Waals surface area contributed by atoms with Gasteiger partial charge in [-0.15, -0.1) is 0 Å². The Morgan fingerprint density at radius 1 is 1.47 bits per heavy atom. The normalized spacial score (nSPS) is 9.47. The van der Waals surface area contributed by atoms with Gasteiger partial charge in [-0.25, -0.2) is 5.84 Å². The lowest BCUT2D eigenvalue weighted by Gasteiger charge is -2.06. The molecule has 0 saturated carbocycles. The Bertz CT molecular complexity index is 353. The fraction of sp³-hybridized carbons (Fsp3) is 0.286. The van der Waals surface area contributed by atoms with Gasteiger partial charge in [0, 0.05) is 13.1 Å². The number of anilines is 3. The standard InChI is InChI=1S/C7H13N7O/c1-10-6(15)3-11-4-2-5(14-9)13-7(8)12-4/h2H,3,9H2,1H3,(H,10,15)(H4,8,11,12,13,14). The van der Waals surface area contributed by atoms with E-state index in [0.717, 1.165) is 0 Å². The third-order valence-corrected chi connectivity index (χ3v) is 1.60. The van der Waals surface area contributed by atoms with E-state index in [9.17, 15) is 4.79 Å². The molecular formula is C7H13N7O. The van der Waals surface area contributed by atoms with Gasteiger partial charge >= 0.3 is 0 Å². The van der Waals surface area contributed by atoms with Crippen LogP contribution in [0.2, 0.25) is 0 Å². The zero-order valence-electron chi connectivity index (χ0n) is 8.24. The van der Waals surface area contributed by atoms with E-state index in [0.29, 0.717) is 11.6 Å². The van der Waals surface area contributed by atoms with Crippen molar-refractivity contribution in [2.75, 3.05) is 30.1 Å². The van der Waals surface area contributed by atoms with Crippen LogP contribution >= 0.6 is 0 Å². The van der Waals surface area contributed by atoms with Crippen LogP contribution in [0.5, 0.6) is 0 Å². The molecule has 0 spiro atoms. The highest BCUT2D eigenvalue weighted by Gasteiger charge is 2.02. The summed E-state index contributed by atoms with van der Waals surface area (Å²) in [6.45, 7) is 0.108. The molecule has 1 amide bonds. The first-order chi connectivity index (χ1) is 7.15. The van der Waals surface area contributed by atoms with E-state index >= 15 is 0 Å². The van der Waals surface area contributed by atoms with Crippen molar-refractivity contribution >= 4 is 23.5 Å². The fourth-order valence-corrected chi connectivity index (χ4v) is 0.890. The molecular weight excluding hydrogens is 198 g/mol. The molecule has 0 atom stereocenters. The average molecular weight is 211 g/mol. The second-order valence-corrected chi connectivity index (χ2v) is 2.67. The zero-order chi connectivity index (χ0) is 11.3. The van der Waals surface area contributed by atoms with Gasteiger partial charge in [0.15, 0.2) is 0 Å². The highest BCUT2D eigenvalue weighted by molar-refractivity contribution is 5.80. The lowest BCUT2D eigenvalue weighted by molar-refractivity contribution is -0.118. The first kappa shape index (κ1) is 11.0. The topological polar surface area (TPSA) is 131 Å². The quantitative estimate of drug-likeness (QED) is 0.302. The van der Waals surface area contributed by atoms with Crippen LogP contribution in [0.1, 0.15) is 0 Å². The van der Waals surface area contributed by atoms with Gasteiger partial charge in [-0.2, -0.15) is 9.97 Å². The molecule has 8 nitrogen and oxygen atoms in total. The molecule has 15 heavy (non-hydrogen) atoms. The van der Waals surface area contributed by atoms with Crippen LogP contribution in [0.3, 0.4) is 0 Å². The predicted molar refractivity (Wildman–Crippen MR) is 56.8 cm³/mol. The summed E-state index contributed by atoms with van der Waals surface area (Å²) in [5.74, 6) is 5.89. The Morgan fingerprint density at radius 2 is 2.13 bits per heavy atom. The summed E-state index contributed by atoms with van der Waals surface area (Å²) in [5, 5.41) is 5.23. The molecule has 1 rings (SSSR count). The molecule has 1 heterocycles. The number of nitrogen functional groups attached to an aromatic ring is 2. The number of nitrogens with two attached hydrogens (primary N) is 2. The fourth-order valence-electron chi connectivity index (χ4n) is 0.890. The Balaban J connectivity index is 2.68. The van der Waals surface area contributed by atoms with Crippen molar-refractivity contribution in [3.05, 3.63) is 6.07 Å². The summed E-state index contributed by atoms with van der Waals surface area (Å²) in [7, 11) is 1.55. The van der Waals surface area contributed by atoms with Crippen LogP contribution in [0.4, 0.5) is 17.6 Å². The van der Waals surface area contributed by atoms with Crippen molar-refractivity contribution in [3.8, 4) is 0 Å². The number of carbonyl (C=O) groups excluding carboxylic acids is 1. The number of aromatic nitrogens is 2. The number of nitrogens with one attached hydrogen (secondary N) is 3. The van der Waals surface area contributed by atoms with E-state index < -0.39 is 0 Å². The Morgan fingerprint density at radius 3 is 2.73 bits per heavy atom. The van der Waals surface area contributed by atoms with E-state index in [1.54, 1.807) is 13.1 Å². The molecule has 0 aliphatic carbocycles. The van der Waals surface area contributed by atoms with Crippen molar-refractivity contribution in [2.24, 2.45) is 5.84 Å². The summed E-state index contributed by atoms with van der Waals surface area (Å²) < 4.78 is 0. The van der Waals surface area contributed by atoms with Gasteiger partial charge in [-0.1, -0.05) is 0 Å².